The van der Waals surface area contributed by atoms with Crippen molar-refractivity contribution in [3.05, 3.63) is 78.1 Å². The van der Waals surface area contributed by atoms with E-state index in [1.54, 1.807) is 6.20 Å². The van der Waals surface area contributed by atoms with Gasteiger partial charge in [-0.05, 0) is 23.9 Å². The number of carbonyl (C=O) groups excluding carboxylic acids is 1. The van der Waals surface area contributed by atoms with Gasteiger partial charge in [-0.3, -0.25) is 9.78 Å². The smallest absolute Gasteiger partial charge is 0.270 e. The molecular formula is C18H16N2O. The van der Waals surface area contributed by atoms with Crippen LogP contribution in [0.5, 0.6) is 0 Å². The number of pyridine rings is 1. The lowest BCUT2D eigenvalue weighted by atomic mass is 10.1. The number of benzene rings is 2. The number of hydrogen-bond donors (Lipinski definition) is 1. The second kappa shape index (κ2) is 5.75. The van der Waals surface area contributed by atoms with E-state index < -0.39 is 0 Å². The molecule has 0 spiro atoms. The first-order valence-corrected chi connectivity index (χ1v) is 6.95. The van der Waals surface area contributed by atoms with Crippen LogP contribution in [0.3, 0.4) is 0 Å². The van der Waals surface area contributed by atoms with Crippen LogP contribution in [0.15, 0.2) is 66.9 Å². The van der Waals surface area contributed by atoms with Gasteiger partial charge in [-0.2, -0.15) is 0 Å². The Kier molecular flexibility index (Phi) is 3.65. The highest BCUT2D eigenvalue weighted by Gasteiger charge is 2.14. The molecule has 1 aromatic heterocycles. The minimum Gasteiger partial charge on any atom is -0.344 e. The molecule has 104 valence electrons. The molecule has 0 aliphatic carbocycles. The van der Waals surface area contributed by atoms with Gasteiger partial charge in [0.25, 0.3) is 5.91 Å². The van der Waals surface area contributed by atoms with E-state index in [0.29, 0.717) is 5.69 Å². The number of aromatic nitrogens is 1. The summed E-state index contributed by atoms with van der Waals surface area (Å²) in [6.45, 7) is 1.97. The number of amides is 1. The van der Waals surface area contributed by atoms with Gasteiger partial charge in [0.2, 0.25) is 0 Å². The van der Waals surface area contributed by atoms with Crippen LogP contribution in [0, 0.1) is 0 Å². The van der Waals surface area contributed by atoms with Crippen molar-refractivity contribution in [3.8, 4) is 0 Å². The first-order valence-electron chi connectivity index (χ1n) is 6.95. The highest BCUT2D eigenvalue weighted by molar-refractivity contribution is 6.05. The van der Waals surface area contributed by atoms with E-state index in [1.165, 1.54) is 0 Å². The third kappa shape index (κ3) is 2.77. The summed E-state index contributed by atoms with van der Waals surface area (Å²) in [6, 6.07) is 19.5. The molecule has 0 saturated heterocycles. The van der Waals surface area contributed by atoms with E-state index in [0.717, 1.165) is 16.3 Å². The first-order chi connectivity index (χ1) is 10.3. The Morgan fingerprint density at radius 3 is 2.52 bits per heavy atom. The van der Waals surface area contributed by atoms with E-state index in [2.05, 4.69) is 10.3 Å². The Balaban J connectivity index is 1.88. The van der Waals surface area contributed by atoms with Crippen molar-refractivity contribution in [1.82, 2.24) is 10.3 Å². The molecule has 1 N–H and O–H groups in total. The van der Waals surface area contributed by atoms with Gasteiger partial charge in [0.1, 0.15) is 5.69 Å². The third-order valence-electron chi connectivity index (χ3n) is 3.54. The summed E-state index contributed by atoms with van der Waals surface area (Å²) >= 11 is 0. The molecule has 0 radical (unpaired) electrons. The molecule has 0 unspecified atom stereocenters. The van der Waals surface area contributed by atoms with E-state index in [-0.39, 0.29) is 11.9 Å². The lowest BCUT2D eigenvalue weighted by molar-refractivity contribution is 0.0936. The maximum atomic E-state index is 12.5. The zero-order valence-corrected chi connectivity index (χ0v) is 11.8. The highest BCUT2D eigenvalue weighted by atomic mass is 16.1. The Hall–Kier alpha value is -2.68. The number of nitrogens with one attached hydrogen (secondary N) is 1. The van der Waals surface area contributed by atoms with Crippen molar-refractivity contribution in [3.63, 3.8) is 0 Å². The minimum absolute atomic E-state index is 0.0560. The van der Waals surface area contributed by atoms with Crippen LogP contribution < -0.4 is 5.32 Å². The van der Waals surface area contributed by atoms with Crippen LogP contribution >= 0.6 is 0 Å². The van der Waals surface area contributed by atoms with Gasteiger partial charge in [-0.15, -0.1) is 0 Å². The molecule has 0 fully saturated rings. The molecular weight excluding hydrogens is 260 g/mol. The van der Waals surface area contributed by atoms with Gasteiger partial charge < -0.3 is 5.32 Å². The predicted molar refractivity (Wildman–Crippen MR) is 84.1 cm³/mol. The van der Waals surface area contributed by atoms with Gasteiger partial charge in [0.15, 0.2) is 0 Å². The molecule has 3 rings (SSSR count). The quantitative estimate of drug-likeness (QED) is 0.792. The molecule has 1 amide bonds. The fourth-order valence-electron chi connectivity index (χ4n) is 2.39. The van der Waals surface area contributed by atoms with Crippen LogP contribution in [0.25, 0.3) is 10.8 Å². The number of rotatable bonds is 3. The number of fused-ring (bicyclic) bond motifs is 1. The summed E-state index contributed by atoms with van der Waals surface area (Å²) in [6.07, 6.45) is 1.67. The van der Waals surface area contributed by atoms with Gasteiger partial charge in [0.05, 0.1) is 6.04 Å². The molecule has 1 heterocycles. The van der Waals surface area contributed by atoms with Gasteiger partial charge in [-0.1, -0.05) is 54.6 Å². The van der Waals surface area contributed by atoms with E-state index in [4.69, 9.17) is 0 Å². The standard InChI is InChI=1S/C18H16N2O/c1-13(14-7-3-2-4-8-14)20-18(21)17-16-10-6-5-9-15(16)11-12-19-17/h2-13H,1H3,(H,20,21)/t13-/m1/s1. The maximum Gasteiger partial charge on any atom is 0.270 e. The Labute approximate surface area is 123 Å². The van der Waals surface area contributed by atoms with Crippen molar-refractivity contribution in [2.24, 2.45) is 0 Å². The number of hydrogen-bond acceptors (Lipinski definition) is 2. The molecule has 3 heteroatoms. The summed E-state index contributed by atoms with van der Waals surface area (Å²) in [5, 5.41) is 4.89. The van der Waals surface area contributed by atoms with E-state index in [9.17, 15) is 4.79 Å². The van der Waals surface area contributed by atoms with Crippen LogP contribution in [0.4, 0.5) is 0 Å². The second-order valence-corrected chi connectivity index (χ2v) is 4.99. The number of carbonyl (C=O) groups is 1. The largest absolute Gasteiger partial charge is 0.344 e. The summed E-state index contributed by atoms with van der Waals surface area (Å²) in [5.41, 5.74) is 1.54. The van der Waals surface area contributed by atoms with E-state index >= 15 is 0 Å². The van der Waals surface area contributed by atoms with E-state index in [1.807, 2.05) is 67.6 Å². The highest BCUT2D eigenvalue weighted by Crippen LogP contribution is 2.18. The Morgan fingerprint density at radius 1 is 1.00 bits per heavy atom. The normalized spacial score (nSPS) is 12.0. The van der Waals surface area contributed by atoms with Crippen molar-refractivity contribution in [2.75, 3.05) is 0 Å². The molecule has 0 aliphatic rings. The molecule has 2 aromatic carbocycles. The molecule has 0 aliphatic heterocycles. The SMILES string of the molecule is C[C@@H](NC(=O)c1nccc2ccccc12)c1ccccc1. The Bertz CT molecular complexity index is 763. The van der Waals surface area contributed by atoms with Gasteiger partial charge in [-0.25, -0.2) is 0 Å². The average Bonchev–Trinajstić information content (AvgIpc) is 2.55. The lowest BCUT2D eigenvalue weighted by Gasteiger charge is -2.14. The van der Waals surface area contributed by atoms with Crippen LogP contribution in [0.2, 0.25) is 0 Å². The maximum absolute atomic E-state index is 12.5. The van der Waals surface area contributed by atoms with Crippen molar-refractivity contribution < 1.29 is 4.79 Å². The molecule has 3 aromatic rings. The topological polar surface area (TPSA) is 42.0 Å². The monoisotopic (exact) mass is 276 g/mol. The summed E-state index contributed by atoms with van der Waals surface area (Å²) in [7, 11) is 0. The fraction of sp³-hybridized carbons (Fsp3) is 0.111. The number of nitrogens with zero attached hydrogens (tertiary/aromatic N) is 1. The molecule has 3 nitrogen and oxygen atoms in total. The fourth-order valence-corrected chi connectivity index (χ4v) is 2.39. The van der Waals surface area contributed by atoms with Crippen LogP contribution in [-0.2, 0) is 0 Å². The first kappa shape index (κ1) is 13.3. The summed E-state index contributed by atoms with van der Waals surface area (Å²) in [4.78, 5) is 16.7. The zero-order chi connectivity index (χ0) is 14.7. The van der Waals surface area contributed by atoms with Gasteiger partial charge >= 0.3 is 0 Å². The summed E-state index contributed by atoms with van der Waals surface area (Å²) in [5.74, 6) is -0.150. The molecule has 21 heavy (non-hydrogen) atoms. The zero-order valence-electron chi connectivity index (χ0n) is 11.8. The minimum atomic E-state index is -0.150. The van der Waals surface area contributed by atoms with Crippen molar-refractivity contribution >= 4 is 16.7 Å². The van der Waals surface area contributed by atoms with Crippen molar-refractivity contribution in [1.29, 1.82) is 0 Å². The average molecular weight is 276 g/mol. The lowest BCUT2D eigenvalue weighted by Crippen LogP contribution is -2.27. The van der Waals surface area contributed by atoms with Crippen LogP contribution in [-0.4, -0.2) is 10.9 Å². The molecule has 0 bridgehead atoms. The molecule has 1 atom stereocenters. The van der Waals surface area contributed by atoms with Crippen LogP contribution in [0.1, 0.15) is 29.0 Å². The Morgan fingerprint density at radius 2 is 1.71 bits per heavy atom. The second-order valence-electron chi connectivity index (χ2n) is 4.99. The predicted octanol–water partition coefficient (Wildman–Crippen LogP) is 3.73. The third-order valence-corrected chi connectivity index (χ3v) is 3.54. The molecule has 0 saturated carbocycles. The summed E-state index contributed by atoms with van der Waals surface area (Å²) < 4.78 is 0. The van der Waals surface area contributed by atoms with Gasteiger partial charge in [0, 0.05) is 11.6 Å². The van der Waals surface area contributed by atoms with Crippen molar-refractivity contribution in [2.45, 2.75) is 13.0 Å².